The van der Waals surface area contributed by atoms with Crippen LogP contribution < -0.4 is 5.32 Å². The van der Waals surface area contributed by atoms with Gasteiger partial charge in [0.05, 0.1) is 0 Å². The first-order chi connectivity index (χ1) is 8.11. The molecule has 0 saturated heterocycles. The highest BCUT2D eigenvalue weighted by Gasteiger charge is 2.02. The average molecular weight is 231 g/mol. The topological polar surface area (TPSA) is 29.1 Å². The van der Waals surface area contributed by atoms with Crippen LogP contribution >= 0.6 is 0 Å². The normalized spacial score (nSPS) is 12.6. The average Bonchev–Trinajstić information content (AvgIpc) is 2.28. The second-order valence-corrected chi connectivity index (χ2v) is 4.44. The molecule has 0 aliphatic heterocycles. The van der Waals surface area contributed by atoms with E-state index in [1.54, 1.807) is 6.08 Å². The minimum atomic E-state index is -0.0217. The molecule has 0 aromatic heterocycles. The molecule has 0 fully saturated rings. The molecule has 92 valence electrons. The number of carbonyl (C=O) groups excluding carboxylic acids is 1. The van der Waals surface area contributed by atoms with Gasteiger partial charge in [-0.1, -0.05) is 43.2 Å². The summed E-state index contributed by atoms with van der Waals surface area (Å²) in [5, 5.41) is 2.94. The lowest BCUT2D eigenvalue weighted by Crippen LogP contribution is -2.30. The van der Waals surface area contributed by atoms with Gasteiger partial charge in [0.15, 0.2) is 0 Å². The quantitative estimate of drug-likeness (QED) is 0.774. The van der Waals surface area contributed by atoms with Crippen LogP contribution in [0.25, 0.3) is 6.08 Å². The fraction of sp³-hybridized carbons (Fsp3) is 0.400. The van der Waals surface area contributed by atoms with Gasteiger partial charge < -0.3 is 5.32 Å². The predicted octanol–water partition coefficient (Wildman–Crippen LogP) is 3.31. The summed E-state index contributed by atoms with van der Waals surface area (Å²) >= 11 is 0. The molecule has 0 heterocycles. The summed E-state index contributed by atoms with van der Waals surface area (Å²) in [4.78, 5) is 11.6. The van der Waals surface area contributed by atoms with Gasteiger partial charge in [-0.15, -0.1) is 0 Å². The van der Waals surface area contributed by atoms with Gasteiger partial charge in [0.1, 0.15) is 0 Å². The van der Waals surface area contributed by atoms with Gasteiger partial charge in [-0.05, 0) is 31.9 Å². The number of amides is 1. The minimum absolute atomic E-state index is 0.0217. The Labute approximate surface area is 104 Å². The van der Waals surface area contributed by atoms with E-state index in [0.717, 1.165) is 18.4 Å². The van der Waals surface area contributed by atoms with Crippen molar-refractivity contribution in [2.24, 2.45) is 0 Å². The molecular formula is C15H21NO. The lowest BCUT2D eigenvalue weighted by atomic mass is 10.1. The third-order valence-corrected chi connectivity index (χ3v) is 2.61. The zero-order chi connectivity index (χ0) is 12.7. The van der Waals surface area contributed by atoms with Gasteiger partial charge >= 0.3 is 0 Å². The monoisotopic (exact) mass is 231 g/mol. The highest BCUT2D eigenvalue weighted by atomic mass is 16.1. The van der Waals surface area contributed by atoms with Crippen molar-refractivity contribution in [3.05, 3.63) is 41.5 Å². The van der Waals surface area contributed by atoms with E-state index < -0.39 is 0 Å². The SMILES string of the molecule is CCC[C@@H](C)NC(=O)/C=C/c1ccc(C)cc1. The Morgan fingerprint density at radius 1 is 1.35 bits per heavy atom. The summed E-state index contributed by atoms with van der Waals surface area (Å²) in [6, 6.07) is 8.34. The third-order valence-electron chi connectivity index (χ3n) is 2.61. The van der Waals surface area contributed by atoms with Gasteiger partial charge in [0, 0.05) is 12.1 Å². The maximum absolute atomic E-state index is 11.6. The Bertz CT molecular complexity index is 378. The van der Waals surface area contributed by atoms with Crippen LogP contribution in [0, 0.1) is 6.92 Å². The molecule has 0 spiro atoms. The van der Waals surface area contributed by atoms with E-state index in [0.29, 0.717) is 0 Å². The number of benzene rings is 1. The number of rotatable bonds is 5. The highest BCUT2D eigenvalue weighted by molar-refractivity contribution is 5.91. The van der Waals surface area contributed by atoms with E-state index in [1.165, 1.54) is 5.56 Å². The van der Waals surface area contributed by atoms with Crippen LogP contribution in [0.3, 0.4) is 0 Å². The molecule has 1 aromatic rings. The van der Waals surface area contributed by atoms with Crippen LogP contribution in [0.2, 0.25) is 0 Å². The molecule has 17 heavy (non-hydrogen) atoms. The molecule has 0 unspecified atom stereocenters. The summed E-state index contributed by atoms with van der Waals surface area (Å²) < 4.78 is 0. The van der Waals surface area contributed by atoms with Crippen LogP contribution in [-0.2, 0) is 4.79 Å². The zero-order valence-corrected chi connectivity index (χ0v) is 10.9. The van der Waals surface area contributed by atoms with Gasteiger partial charge in [-0.25, -0.2) is 0 Å². The van der Waals surface area contributed by atoms with Crippen molar-refractivity contribution in [2.75, 3.05) is 0 Å². The molecule has 0 saturated carbocycles. The van der Waals surface area contributed by atoms with E-state index >= 15 is 0 Å². The molecule has 0 bridgehead atoms. The molecule has 0 aliphatic carbocycles. The summed E-state index contributed by atoms with van der Waals surface area (Å²) in [6.45, 7) is 6.19. The molecule has 1 atom stereocenters. The van der Waals surface area contributed by atoms with E-state index in [1.807, 2.05) is 44.2 Å². The molecular weight excluding hydrogens is 210 g/mol. The number of nitrogens with one attached hydrogen (secondary N) is 1. The lowest BCUT2D eigenvalue weighted by Gasteiger charge is -2.10. The molecule has 1 amide bonds. The Hall–Kier alpha value is -1.57. The van der Waals surface area contributed by atoms with Crippen LogP contribution in [0.4, 0.5) is 0 Å². The second-order valence-electron chi connectivity index (χ2n) is 4.44. The molecule has 2 heteroatoms. The Kier molecular flexibility index (Phi) is 5.47. The van der Waals surface area contributed by atoms with Gasteiger partial charge in [-0.2, -0.15) is 0 Å². The Morgan fingerprint density at radius 2 is 2.00 bits per heavy atom. The van der Waals surface area contributed by atoms with E-state index in [2.05, 4.69) is 12.2 Å². The standard InChI is InChI=1S/C15H21NO/c1-4-5-13(3)16-15(17)11-10-14-8-6-12(2)7-9-14/h6-11,13H,4-5H2,1-3H3,(H,16,17)/b11-10+/t13-/m1/s1. The van der Waals surface area contributed by atoms with Gasteiger partial charge in [0.25, 0.3) is 0 Å². The van der Waals surface area contributed by atoms with Crippen molar-refractivity contribution in [1.29, 1.82) is 0 Å². The lowest BCUT2D eigenvalue weighted by molar-refractivity contribution is -0.117. The van der Waals surface area contributed by atoms with Crippen molar-refractivity contribution in [2.45, 2.75) is 39.7 Å². The van der Waals surface area contributed by atoms with Crippen LogP contribution in [0.1, 0.15) is 37.8 Å². The maximum Gasteiger partial charge on any atom is 0.244 e. The Balaban J connectivity index is 2.47. The number of hydrogen-bond acceptors (Lipinski definition) is 1. The minimum Gasteiger partial charge on any atom is -0.350 e. The summed E-state index contributed by atoms with van der Waals surface area (Å²) in [6.07, 6.45) is 5.54. The van der Waals surface area contributed by atoms with Crippen molar-refractivity contribution < 1.29 is 4.79 Å². The third kappa shape index (κ3) is 5.34. The smallest absolute Gasteiger partial charge is 0.244 e. The number of hydrogen-bond donors (Lipinski definition) is 1. The fourth-order valence-corrected chi connectivity index (χ4v) is 1.65. The molecule has 1 N–H and O–H groups in total. The maximum atomic E-state index is 11.6. The van der Waals surface area contributed by atoms with Crippen LogP contribution in [0.15, 0.2) is 30.3 Å². The molecule has 1 aromatic carbocycles. The van der Waals surface area contributed by atoms with Crippen molar-refractivity contribution in [1.82, 2.24) is 5.32 Å². The number of carbonyl (C=O) groups is 1. The molecule has 1 rings (SSSR count). The zero-order valence-electron chi connectivity index (χ0n) is 10.9. The highest BCUT2D eigenvalue weighted by Crippen LogP contribution is 2.04. The van der Waals surface area contributed by atoms with Gasteiger partial charge in [-0.3, -0.25) is 4.79 Å². The summed E-state index contributed by atoms with van der Waals surface area (Å²) in [7, 11) is 0. The van der Waals surface area contributed by atoms with Crippen molar-refractivity contribution >= 4 is 12.0 Å². The first-order valence-electron chi connectivity index (χ1n) is 6.17. The molecule has 0 aliphatic rings. The number of aryl methyl sites for hydroxylation is 1. The van der Waals surface area contributed by atoms with E-state index in [9.17, 15) is 4.79 Å². The Morgan fingerprint density at radius 3 is 2.59 bits per heavy atom. The van der Waals surface area contributed by atoms with Crippen LogP contribution in [-0.4, -0.2) is 11.9 Å². The molecule has 0 radical (unpaired) electrons. The summed E-state index contributed by atoms with van der Waals surface area (Å²) in [5.41, 5.74) is 2.28. The summed E-state index contributed by atoms with van der Waals surface area (Å²) in [5.74, 6) is -0.0217. The second kappa shape index (κ2) is 6.89. The van der Waals surface area contributed by atoms with Crippen molar-refractivity contribution in [3.8, 4) is 0 Å². The largest absolute Gasteiger partial charge is 0.350 e. The first-order valence-corrected chi connectivity index (χ1v) is 6.17. The first kappa shape index (κ1) is 13.5. The van der Waals surface area contributed by atoms with Crippen LogP contribution in [0.5, 0.6) is 0 Å². The fourth-order valence-electron chi connectivity index (χ4n) is 1.65. The van der Waals surface area contributed by atoms with Crippen molar-refractivity contribution in [3.63, 3.8) is 0 Å². The van der Waals surface area contributed by atoms with Gasteiger partial charge in [0.2, 0.25) is 5.91 Å². The van der Waals surface area contributed by atoms with E-state index in [4.69, 9.17) is 0 Å². The van der Waals surface area contributed by atoms with E-state index in [-0.39, 0.29) is 11.9 Å². The predicted molar refractivity (Wildman–Crippen MR) is 72.7 cm³/mol. The molecule has 2 nitrogen and oxygen atoms in total.